The second kappa shape index (κ2) is 8.21. The van der Waals surface area contributed by atoms with Gasteiger partial charge in [0.05, 0.1) is 17.1 Å². The van der Waals surface area contributed by atoms with Crippen LogP contribution in [0.2, 0.25) is 5.02 Å². The lowest BCUT2D eigenvalue weighted by atomic mass is 10.1. The van der Waals surface area contributed by atoms with Gasteiger partial charge in [0, 0.05) is 29.4 Å². The predicted molar refractivity (Wildman–Crippen MR) is 109 cm³/mol. The van der Waals surface area contributed by atoms with Gasteiger partial charge in [-0.1, -0.05) is 17.7 Å². The molecule has 1 fully saturated rings. The Morgan fingerprint density at radius 3 is 2.32 bits per heavy atom. The first-order valence-electron chi connectivity index (χ1n) is 9.00. The molecular weight excluding hydrogens is 400 g/mol. The molecule has 8 heteroatoms. The molecule has 1 aliphatic heterocycles. The number of sulfonamides is 1. The first kappa shape index (κ1) is 20.8. The number of amides is 1. The molecule has 0 radical (unpaired) electrons. The number of aryl methyl sites for hydroxylation is 1. The molecule has 3 rings (SSSR count). The van der Waals surface area contributed by atoms with Crippen LogP contribution in [0.5, 0.6) is 0 Å². The van der Waals surface area contributed by atoms with Crippen LogP contribution >= 0.6 is 11.6 Å². The maximum atomic E-state index is 12.9. The third kappa shape index (κ3) is 4.55. The highest BCUT2D eigenvalue weighted by Crippen LogP contribution is 2.23. The average Bonchev–Trinajstić information content (AvgIpc) is 2.64. The van der Waals surface area contributed by atoms with Crippen LogP contribution in [-0.2, 0) is 14.8 Å². The van der Waals surface area contributed by atoms with E-state index in [0.29, 0.717) is 29.4 Å². The van der Waals surface area contributed by atoms with Crippen molar-refractivity contribution in [3.63, 3.8) is 0 Å². The second-order valence-corrected chi connectivity index (χ2v) is 9.39. The molecule has 1 heterocycles. The molecule has 6 nitrogen and oxygen atoms in total. The van der Waals surface area contributed by atoms with Crippen molar-refractivity contribution in [1.82, 2.24) is 4.31 Å². The zero-order valence-electron chi connectivity index (χ0n) is 16.0. The Morgan fingerprint density at radius 1 is 1.11 bits per heavy atom. The van der Waals surface area contributed by atoms with E-state index in [2.05, 4.69) is 5.32 Å². The topological polar surface area (TPSA) is 75.7 Å². The molecular formula is C20H23ClN2O4S. The van der Waals surface area contributed by atoms with E-state index in [9.17, 15) is 13.2 Å². The fourth-order valence-electron chi connectivity index (χ4n) is 3.18. The highest BCUT2D eigenvalue weighted by Gasteiger charge is 2.32. The zero-order valence-corrected chi connectivity index (χ0v) is 17.5. The summed E-state index contributed by atoms with van der Waals surface area (Å²) in [5.74, 6) is -0.331. The van der Waals surface area contributed by atoms with Crippen LogP contribution in [-0.4, -0.2) is 43.9 Å². The highest BCUT2D eigenvalue weighted by molar-refractivity contribution is 7.89. The summed E-state index contributed by atoms with van der Waals surface area (Å²) in [4.78, 5) is 12.7. The summed E-state index contributed by atoms with van der Waals surface area (Å²) in [5, 5.41) is 3.33. The van der Waals surface area contributed by atoms with Gasteiger partial charge in [-0.15, -0.1) is 0 Å². The number of ether oxygens (including phenoxy) is 1. The van der Waals surface area contributed by atoms with Gasteiger partial charge in [-0.25, -0.2) is 8.42 Å². The van der Waals surface area contributed by atoms with Gasteiger partial charge in [0.1, 0.15) is 0 Å². The molecule has 0 spiro atoms. The van der Waals surface area contributed by atoms with Crippen LogP contribution in [0.1, 0.15) is 29.8 Å². The quantitative estimate of drug-likeness (QED) is 0.815. The lowest BCUT2D eigenvalue weighted by Crippen LogP contribution is -2.48. The van der Waals surface area contributed by atoms with Crippen molar-refractivity contribution in [2.45, 2.75) is 37.9 Å². The maximum absolute atomic E-state index is 12.9. The van der Waals surface area contributed by atoms with Crippen molar-refractivity contribution in [3.05, 3.63) is 58.6 Å². The van der Waals surface area contributed by atoms with Gasteiger partial charge in [0.15, 0.2) is 0 Å². The third-order valence-electron chi connectivity index (χ3n) is 4.59. The summed E-state index contributed by atoms with van der Waals surface area (Å²) < 4.78 is 32.8. The SMILES string of the molecule is Cc1ccc(Cl)cc1NC(=O)c1ccc(S(=O)(=O)N2C[C@@H](C)O[C@H](C)C2)cc1. The van der Waals surface area contributed by atoms with Gasteiger partial charge < -0.3 is 10.1 Å². The molecule has 0 unspecified atom stereocenters. The fourth-order valence-corrected chi connectivity index (χ4v) is 4.94. The smallest absolute Gasteiger partial charge is 0.255 e. The van der Waals surface area contributed by atoms with Crippen LogP contribution in [0.25, 0.3) is 0 Å². The lowest BCUT2D eigenvalue weighted by molar-refractivity contribution is -0.0440. The Labute approximate surface area is 170 Å². The van der Waals surface area contributed by atoms with Crippen LogP contribution in [0, 0.1) is 6.92 Å². The van der Waals surface area contributed by atoms with Crippen molar-refractivity contribution in [3.8, 4) is 0 Å². The molecule has 1 amide bonds. The Balaban J connectivity index is 1.77. The van der Waals surface area contributed by atoms with Crippen LogP contribution in [0.3, 0.4) is 0 Å². The summed E-state index contributed by atoms with van der Waals surface area (Å²) >= 11 is 5.98. The number of halogens is 1. The average molecular weight is 423 g/mol. The molecule has 0 aromatic heterocycles. The molecule has 150 valence electrons. The molecule has 2 atom stereocenters. The molecule has 0 bridgehead atoms. The summed E-state index contributed by atoms with van der Waals surface area (Å²) in [7, 11) is -3.64. The van der Waals surface area contributed by atoms with E-state index in [4.69, 9.17) is 16.3 Å². The number of benzene rings is 2. The number of anilines is 1. The van der Waals surface area contributed by atoms with E-state index in [1.165, 1.54) is 28.6 Å². The van der Waals surface area contributed by atoms with Gasteiger partial charge in [-0.05, 0) is 62.7 Å². The molecule has 0 aliphatic carbocycles. The second-order valence-electron chi connectivity index (χ2n) is 7.02. The lowest BCUT2D eigenvalue weighted by Gasteiger charge is -2.34. The van der Waals surface area contributed by atoms with Crippen LogP contribution < -0.4 is 5.32 Å². The first-order valence-corrected chi connectivity index (χ1v) is 10.8. The summed E-state index contributed by atoms with van der Waals surface area (Å²) in [5.41, 5.74) is 1.86. The monoisotopic (exact) mass is 422 g/mol. The predicted octanol–water partition coefficient (Wildman–Crippen LogP) is 3.70. The number of nitrogens with zero attached hydrogens (tertiary/aromatic N) is 1. The van der Waals surface area contributed by atoms with E-state index in [1.807, 2.05) is 26.8 Å². The first-order chi connectivity index (χ1) is 13.2. The number of nitrogens with one attached hydrogen (secondary N) is 1. The van der Waals surface area contributed by atoms with Crippen molar-refractivity contribution < 1.29 is 17.9 Å². The molecule has 2 aromatic carbocycles. The fraction of sp³-hybridized carbons (Fsp3) is 0.350. The summed E-state index contributed by atoms with van der Waals surface area (Å²) in [6, 6.07) is 11.2. The van der Waals surface area contributed by atoms with Gasteiger partial charge >= 0.3 is 0 Å². The zero-order chi connectivity index (χ0) is 20.5. The van der Waals surface area contributed by atoms with Gasteiger partial charge in [-0.3, -0.25) is 4.79 Å². The van der Waals surface area contributed by atoms with Gasteiger partial charge in [-0.2, -0.15) is 4.31 Å². The number of hydrogen-bond acceptors (Lipinski definition) is 4. The summed E-state index contributed by atoms with van der Waals surface area (Å²) in [6.45, 7) is 6.19. The molecule has 1 saturated heterocycles. The molecule has 28 heavy (non-hydrogen) atoms. The van der Waals surface area contributed by atoms with E-state index in [1.54, 1.807) is 12.1 Å². The largest absolute Gasteiger partial charge is 0.373 e. The van der Waals surface area contributed by atoms with E-state index >= 15 is 0 Å². The Morgan fingerprint density at radius 2 is 1.71 bits per heavy atom. The minimum absolute atomic E-state index is 0.157. The van der Waals surface area contributed by atoms with E-state index in [0.717, 1.165) is 5.56 Å². The molecule has 0 saturated carbocycles. The Kier molecular flexibility index (Phi) is 6.09. The van der Waals surface area contributed by atoms with Crippen LogP contribution in [0.15, 0.2) is 47.4 Å². The molecule has 1 aliphatic rings. The van der Waals surface area contributed by atoms with E-state index < -0.39 is 10.0 Å². The minimum atomic E-state index is -3.64. The van der Waals surface area contributed by atoms with Gasteiger partial charge in [0.2, 0.25) is 10.0 Å². The van der Waals surface area contributed by atoms with E-state index in [-0.39, 0.29) is 23.0 Å². The van der Waals surface area contributed by atoms with Crippen molar-refractivity contribution in [1.29, 1.82) is 0 Å². The van der Waals surface area contributed by atoms with Crippen molar-refractivity contribution in [2.24, 2.45) is 0 Å². The highest BCUT2D eigenvalue weighted by atomic mass is 35.5. The number of hydrogen-bond donors (Lipinski definition) is 1. The molecule has 2 aromatic rings. The summed E-state index contributed by atoms with van der Waals surface area (Å²) in [6.07, 6.45) is -0.325. The molecule has 1 N–H and O–H groups in total. The minimum Gasteiger partial charge on any atom is -0.373 e. The maximum Gasteiger partial charge on any atom is 0.255 e. The standard InChI is InChI=1S/C20H23ClN2O4S/c1-13-4-7-17(21)10-19(13)22-20(24)16-5-8-18(9-6-16)28(25,26)23-11-14(2)27-15(3)12-23/h4-10,14-15H,11-12H2,1-3H3,(H,22,24)/t14-,15-/m1/s1. The van der Waals surface area contributed by atoms with Gasteiger partial charge in [0.25, 0.3) is 5.91 Å². The third-order valence-corrected chi connectivity index (χ3v) is 6.67. The number of morpholine rings is 1. The number of rotatable bonds is 4. The Bertz CT molecular complexity index is 966. The van der Waals surface area contributed by atoms with Crippen molar-refractivity contribution >= 4 is 33.2 Å². The number of carbonyl (C=O) groups excluding carboxylic acids is 1. The Hall–Kier alpha value is -1.93. The van der Waals surface area contributed by atoms with Crippen molar-refractivity contribution in [2.75, 3.05) is 18.4 Å². The normalized spacial score (nSPS) is 20.7. The number of carbonyl (C=O) groups is 1. The van der Waals surface area contributed by atoms with Crippen LogP contribution in [0.4, 0.5) is 5.69 Å².